The molecule has 2 rings (SSSR count). The van der Waals surface area contributed by atoms with E-state index in [4.69, 9.17) is 0 Å². The zero-order chi connectivity index (χ0) is 12.3. The molecule has 1 saturated carbocycles. The molecule has 0 atom stereocenters. The molecule has 0 radical (unpaired) electrons. The summed E-state index contributed by atoms with van der Waals surface area (Å²) >= 11 is 0. The molecule has 100 valence electrons. The number of nitrogens with one attached hydrogen (secondary N) is 1. The van der Waals surface area contributed by atoms with Crippen molar-refractivity contribution in [2.45, 2.75) is 43.8 Å². The molecule has 0 bridgehead atoms. The molecule has 1 saturated heterocycles. The van der Waals surface area contributed by atoms with Crippen molar-refractivity contribution in [3.63, 3.8) is 0 Å². The Bertz CT molecular complexity index is 330. The molecule has 1 heterocycles. The Morgan fingerprint density at radius 1 is 1.12 bits per heavy atom. The molecule has 0 aromatic heterocycles. The topological polar surface area (TPSA) is 49.4 Å². The Morgan fingerprint density at radius 2 is 1.71 bits per heavy atom. The molecule has 4 nitrogen and oxygen atoms in total. The number of piperidine rings is 1. The third-order valence-electron chi connectivity index (χ3n) is 4.13. The first-order chi connectivity index (χ1) is 8.10. The number of hydrogen-bond donors (Lipinski definition) is 1. The van der Waals surface area contributed by atoms with Gasteiger partial charge in [0, 0.05) is 13.6 Å². The van der Waals surface area contributed by atoms with Gasteiger partial charge in [0.15, 0.2) is 0 Å². The van der Waals surface area contributed by atoms with Crippen molar-refractivity contribution in [3.8, 4) is 0 Å². The highest BCUT2D eigenvalue weighted by atomic mass is 32.2. The van der Waals surface area contributed by atoms with Crippen LogP contribution in [0.25, 0.3) is 0 Å². The highest BCUT2D eigenvalue weighted by Gasteiger charge is 2.32. The molecule has 0 aromatic carbocycles. The Kier molecular flexibility index (Phi) is 4.44. The van der Waals surface area contributed by atoms with Crippen molar-refractivity contribution in [1.82, 2.24) is 9.62 Å². The van der Waals surface area contributed by atoms with Gasteiger partial charge in [-0.15, -0.1) is 0 Å². The summed E-state index contributed by atoms with van der Waals surface area (Å²) in [6.07, 6.45) is 6.46. The molecule has 2 fully saturated rings. The molecular formula is C12H24N2O2S. The van der Waals surface area contributed by atoms with E-state index in [1.807, 2.05) is 0 Å². The Morgan fingerprint density at radius 3 is 2.29 bits per heavy atom. The van der Waals surface area contributed by atoms with E-state index in [9.17, 15) is 8.42 Å². The van der Waals surface area contributed by atoms with Crippen molar-refractivity contribution < 1.29 is 8.42 Å². The second-order valence-corrected chi connectivity index (χ2v) is 7.75. The lowest BCUT2D eigenvalue weighted by Crippen LogP contribution is -2.43. The Hall–Kier alpha value is -0.130. The molecule has 2 aliphatic rings. The summed E-state index contributed by atoms with van der Waals surface area (Å²) in [5, 5.41) is 3.06. The SMILES string of the molecule is CN(CC1CCCC1)S(=O)(=O)C1CCNCC1. The first-order valence-electron chi connectivity index (χ1n) is 6.76. The minimum absolute atomic E-state index is 0.157. The smallest absolute Gasteiger partial charge is 0.216 e. The highest BCUT2D eigenvalue weighted by molar-refractivity contribution is 7.89. The number of sulfonamides is 1. The summed E-state index contributed by atoms with van der Waals surface area (Å²) in [6.45, 7) is 2.40. The maximum absolute atomic E-state index is 12.4. The van der Waals surface area contributed by atoms with Crippen LogP contribution in [0.4, 0.5) is 0 Å². The first kappa shape index (κ1) is 13.3. The van der Waals surface area contributed by atoms with E-state index in [0.717, 1.165) is 32.5 Å². The van der Waals surface area contributed by atoms with E-state index in [1.165, 1.54) is 25.7 Å². The van der Waals surface area contributed by atoms with Crippen LogP contribution in [0.5, 0.6) is 0 Å². The van der Waals surface area contributed by atoms with Crippen LogP contribution in [0.2, 0.25) is 0 Å². The fourth-order valence-electron chi connectivity index (χ4n) is 3.01. The van der Waals surface area contributed by atoms with Gasteiger partial charge < -0.3 is 5.32 Å². The lowest BCUT2D eigenvalue weighted by atomic mass is 10.1. The van der Waals surface area contributed by atoms with Crippen LogP contribution in [-0.4, -0.2) is 44.7 Å². The molecule has 0 unspecified atom stereocenters. The maximum Gasteiger partial charge on any atom is 0.216 e. The van der Waals surface area contributed by atoms with Gasteiger partial charge in [0.05, 0.1) is 5.25 Å². The number of hydrogen-bond acceptors (Lipinski definition) is 3. The van der Waals surface area contributed by atoms with Crippen molar-refractivity contribution >= 4 is 10.0 Å². The van der Waals surface area contributed by atoms with Crippen LogP contribution in [0.15, 0.2) is 0 Å². The van der Waals surface area contributed by atoms with Crippen LogP contribution < -0.4 is 5.32 Å². The Labute approximate surface area is 105 Å². The zero-order valence-corrected chi connectivity index (χ0v) is 11.5. The minimum atomic E-state index is -3.06. The second-order valence-electron chi connectivity index (χ2n) is 5.43. The van der Waals surface area contributed by atoms with Gasteiger partial charge in [0.25, 0.3) is 0 Å². The van der Waals surface area contributed by atoms with Crippen LogP contribution in [0.3, 0.4) is 0 Å². The summed E-state index contributed by atoms with van der Waals surface area (Å²) in [5.41, 5.74) is 0. The molecule has 5 heteroatoms. The average molecular weight is 260 g/mol. The van der Waals surface area contributed by atoms with Gasteiger partial charge in [-0.05, 0) is 44.7 Å². The molecule has 17 heavy (non-hydrogen) atoms. The fourth-order valence-corrected chi connectivity index (χ4v) is 4.77. The summed E-state index contributed by atoms with van der Waals surface area (Å²) < 4.78 is 26.4. The van der Waals surface area contributed by atoms with Crippen LogP contribution >= 0.6 is 0 Å². The van der Waals surface area contributed by atoms with Crippen molar-refractivity contribution in [2.24, 2.45) is 5.92 Å². The molecule has 1 N–H and O–H groups in total. The number of rotatable bonds is 4. The van der Waals surface area contributed by atoms with Crippen LogP contribution in [-0.2, 0) is 10.0 Å². The molecule has 0 aromatic rings. The fraction of sp³-hybridized carbons (Fsp3) is 1.00. The molecule has 0 spiro atoms. The highest BCUT2D eigenvalue weighted by Crippen LogP contribution is 2.27. The monoisotopic (exact) mass is 260 g/mol. The summed E-state index contributed by atoms with van der Waals surface area (Å²) in [6, 6.07) is 0. The van der Waals surface area contributed by atoms with Gasteiger partial charge in [-0.3, -0.25) is 0 Å². The quantitative estimate of drug-likeness (QED) is 0.826. The lowest BCUT2D eigenvalue weighted by Gasteiger charge is -2.29. The summed E-state index contributed by atoms with van der Waals surface area (Å²) in [7, 11) is -1.30. The Balaban J connectivity index is 1.93. The zero-order valence-electron chi connectivity index (χ0n) is 10.7. The second kappa shape index (κ2) is 5.67. The van der Waals surface area contributed by atoms with E-state index in [1.54, 1.807) is 11.4 Å². The van der Waals surface area contributed by atoms with Crippen molar-refractivity contribution in [2.75, 3.05) is 26.7 Å². The first-order valence-corrected chi connectivity index (χ1v) is 8.27. The minimum Gasteiger partial charge on any atom is -0.317 e. The van der Waals surface area contributed by atoms with E-state index in [-0.39, 0.29) is 5.25 Å². The van der Waals surface area contributed by atoms with E-state index in [2.05, 4.69) is 5.32 Å². The standard InChI is InChI=1S/C12H24N2O2S/c1-14(10-11-4-2-3-5-11)17(15,16)12-6-8-13-9-7-12/h11-13H,2-10H2,1H3. The third kappa shape index (κ3) is 3.20. The summed E-state index contributed by atoms with van der Waals surface area (Å²) in [5.74, 6) is 0.594. The lowest BCUT2D eigenvalue weighted by molar-refractivity contribution is 0.374. The van der Waals surface area contributed by atoms with Crippen molar-refractivity contribution in [1.29, 1.82) is 0 Å². The molecule has 1 aliphatic carbocycles. The van der Waals surface area contributed by atoms with Gasteiger partial charge >= 0.3 is 0 Å². The average Bonchev–Trinajstić information content (AvgIpc) is 2.83. The largest absolute Gasteiger partial charge is 0.317 e. The predicted octanol–water partition coefficient (Wildman–Crippen LogP) is 1.19. The van der Waals surface area contributed by atoms with Gasteiger partial charge in [-0.1, -0.05) is 12.8 Å². The summed E-state index contributed by atoms with van der Waals surface area (Å²) in [4.78, 5) is 0. The number of nitrogens with zero attached hydrogens (tertiary/aromatic N) is 1. The van der Waals surface area contributed by atoms with E-state index < -0.39 is 10.0 Å². The predicted molar refractivity (Wildman–Crippen MR) is 69.4 cm³/mol. The third-order valence-corrected chi connectivity index (χ3v) is 6.46. The van der Waals surface area contributed by atoms with Gasteiger partial charge in [0.2, 0.25) is 10.0 Å². The van der Waals surface area contributed by atoms with Crippen LogP contribution in [0, 0.1) is 5.92 Å². The van der Waals surface area contributed by atoms with Crippen LogP contribution in [0.1, 0.15) is 38.5 Å². The van der Waals surface area contributed by atoms with Crippen molar-refractivity contribution in [3.05, 3.63) is 0 Å². The van der Waals surface area contributed by atoms with Gasteiger partial charge in [0.1, 0.15) is 0 Å². The molecule has 1 aliphatic heterocycles. The van der Waals surface area contributed by atoms with E-state index in [0.29, 0.717) is 5.92 Å². The molecule has 0 amide bonds. The molecular weight excluding hydrogens is 236 g/mol. The van der Waals surface area contributed by atoms with Gasteiger partial charge in [-0.2, -0.15) is 0 Å². The van der Waals surface area contributed by atoms with Gasteiger partial charge in [-0.25, -0.2) is 12.7 Å². The normalized spacial score (nSPS) is 24.6. The van der Waals surface area contributed by atoms with E-state index >= 15 is 0 Å². The maximum atomic E-state index is 12.4.